The van der Waals surface area contributed by atoms with Crippen molar-refractivity contribution in [3.63, 3.8) is 0 Å². The number of hydrogen-bond donors (Lipinski definition) is 1. The summed E-state index contributed by atoms with van der Waals surface area (Å²) >= 11 is 3.16. The van der Waals surface area contributed by atoms with Crippen molar-refractivity contribution in [2.24, 2.45) is 0 Å². The van der Waals surface area contributed by atoms with Crippen LogP contribution in [0.3, 0.4) is 0 Å². The molecular weight excluding hydrogens is 239 g/mol. The number of hydrogen-bond acceptors (Lipinski definition) is 2. The van der Waals surface area contributed by atoms with E-state index in [0.29, 0.717) is 11.1 Å². The van der Waals surface area contributed by atoms with Gasteiger partial charge in [-0.05, 0) is 33.6 Å². The van der Waals surface area contributed by atoms with Crippen LogP contribution in [0.5, 0.6) is 5.75 Å². The van der Waals surface area contributed by atoms with Crippen molar-refractivity contribution < 1.29 is 14.2 Å². The lowest BCUT2D eigenvalue weighted by molar-refractivity contribution is 0.106. The average Bonchev–Trinajstić information content (AvgIpc) is 2.12. The van der Waals surface area contributed by atoms with Crippen molar-refractivity contribution in [3.8, 4) is 5.75 Å². The second kappa shape index (κ2) is 5.19. The minimum atomic E-state index is -0.484. The van der Waals surface area contributed by atoms with Crippen LogP contribution in [0.25, 0.3) is 0 Å². The number of phenolic OH excluding ortho intramolecular Hbond substituents is 1. The highest BCUT2D eigenvalue weighted by Crippen LogP contribution is 2.24. The quantitative estimate of drug-likeness (QED) is 0.831. The van der Waals surface area contributed by atoms with Crippen molar-refractivity contribution in [2.45, 2.75) is 6.61 Å². The van der Waals surface area contributed by atoms with Gasteiger partial charge >= 0.3 is 0 Å². The third-order valence-corrected chi connectivity index (χ3v) is 2.17. The molecular formula is C9H10BrFO2. The summed E-state index contributed by atoms with van der Waals surface area (Å²) < 4.78 is 17.3. The van der Waals surface area contributed by atoms with E-state index in [9.17, 15) is 9.50 Å². The topological polar surface area (TPSA) is 29.5 Å². The van der Waals surface area contributed by atoms with Crippen LogP contribution in [0.1, 0.15) is 5.56 Å². The summed E-state index contributed by atoms with van der Waals surface area (Å²) in [5.74, 6) is 0.168. The predicted octanol–water partition coefficient (Wildman–Crippen LogP) is 2.64. The smallest absolute Gasteiger partial charge is 0.130 e. The number of benzene rings is 1. The molecule has 0 radical (unpaired) electrons. The lowest BCUT2D eigenvalue weighted by atomic mass is 10.2. The summed E-state index contributed by atoms with van der Waals surface area (Å²) in [7, 11) is 0. The zero-order chi connectivity index (χ0) is 9.68. The van der Waals surface area contributed by atoms with Crippen molar-refractivity contribution in [1.82, 2.24) is 0 Å². The first-order valence-corrected chi connectivity index (χ1v) is 4.64. The van der Waals surface area contributed by atoms with Crippen LogP contribution in [-0.4, -0.2) is 18.4 Å². The third-order valence-electron chi connectivity index (χ3n) is 1.50. The van der Waals surface area contributed by atoms with E-state index >= 15 is 0 Å². The molecule has 0 unspecified atom stereocenters. The van der Waals surface area contributed by atoms with E-state index in [2.05, 4.69) is 15.9 Å². The highest BCUT2D eigenvalue weighted by molar-refractivity contribution is 9.10. The number of halogens is 2. The van der Waals surface area contributed by atoms with Gasteiger partial charge in [-0.15, -0.1) is 0 Å². The Labute approximate surface area is 84.5 Å². The Morgan fingerprint density at radius 2 is 2.23 bits per heavy atom. The van der Waals surface area contributed by atoms with Crippen LogP contribution in [0.4, 0.5) is 4.39 Å². The third kappa shape index (κ3) is 3.32. The molecule has 0 bridgehead atoms. The van der Waals surface area contributed by atoms with Crippen molar-refractivity contribution in [3.05, 3.63) is 28.2 Å². The fraction of sp³-hybridized carbons (Fsp3) is 0.333. The first-order valence-electron chi connectivity index (χ1n) is 3.85. The Balaban J connectivity index is 2.53. The Kier molecular flexibility index (Phi) is 4.18. The highest BCUT2D eigenvalue weighted by atomic mass is 79.9. The number of rotatable bonds is 4. The molecule has 1 N–H and O–H groups in total. The minimum absolute atomic E-state index is 0.0941. The van der Waals surface area contributed by atoms with Gasteiger partial charge in [-0.25, -0.2) is 4.39 Å². The van der Waals surface area contributed by atoms with E-state index in [4.69, 9.17) is 4.74 Å². The van der Waals surface area contributed by atoms with E-state index in [1.807, 2.05) is 6.07 Å². The monoisotopic (exact) mass is 248 g/mol. The molecule has 72 valence electrons. The molecule has 0 fully saturated rings. The van der Waals surface area contributed by atoms with Crippen LogP contribution >= 0.6 is 15.9 Å². The van der Waals surface area contributed by atoms with E-state index in [1.165, 1.54) is 0 Å². The van der Waals surface area contributed by atoms with Crippen LogP contribution in [0.15, 0.2) is 22.7 Å². The molecule has 1 aromatic rings. The highest BCUT2D eigenvalue weighted by Gasteiger charge is 1.99. The molecule has 0 spiro atoms. The number of ether oxygens (including phenoxy) is 1. The van der Waals surface area contributed by atoms with Crippen molar-refractivity contribution in [1.29, 1.82) is 0 Å². The molecule has 13 heavy (non-hydrogen) atoms. The first kappa shape index (κ1) is 10.5. The zero-order valence-corrected chi connectivity index (χ0v) is 8.55. The maximum Gasteiger partial charge on any atom is 0.130 e. The van der Waals surface area contributed by atoms with Gasteiger partial charge in [0.05, 0.1) is 17.7 Å². The second-order valence-corrected chi connectivity index (χ2v) is 3.38. The molecule has 0 saturated carbocycles. The van der Waals surface area contributed by atoms with Gasteiger partial charge in [-0.2, -0.15) is 0 Å². The Morgan fingerprint density at radius 3 is 2.85 bits per heavy atom. The molecule has 0 aliphatic carbocycles. The summed E-state index contributed by atoms with van der Waals surface area (Å²) in [6, 6.07) is 5.12. The van der Waals surface area contributed by atoms with E-state index in [-0.39, 0.29) is 12.4 Å². The van der Waals surface area contributed by atoms with E-state index in [1.54, 1.807) is 12.1 Å². The normalized spacial score (nSPS) is 10.3. The van der Waals surface area contributed by atoms with Gasteiger partial charge in [-0.1, -0.05) is 6.07 Å². The Morgan fingerprint density at radius 1 is 1.46 bits per heavy atom. The largest absolute Gasteiger partial charge is 0.507 e. The number of alkyl halides is 1. The van der Waals surface area contributed by atoms with Crippen LogP contribution in [0, 0.1) is 0 Å². The lowest BCUT2D eigenvalue weighted by Gasteiger charge is -2.03. The van der Waals surface area contributed by atoms with Crippen LogP contribution < -0.4 is 0 Å². The summed E-state index contributed by atoms with van der Waals surface area (Å²) in [5.41, 5.74) is 0.828. The maximum absolute atomic E-state index is 11.7. The molecule has 0 aliphatic heterocycles. The maximum atomic E-state index is 11.7. The molecule has 0 aliphatic rings. The van der Waals surface area contributed by atoms with Gasteiger partial charge in [0.15, 0.2) is 0 Å². The predicted molar refractivity (Wildman–Crippen MR) is 51.4 cm³/mol. The SMILES string of the molecule is Oc1cc(COCCF)ccc1Br. The summed E-state index contributed by atoms with van der Waals surface area (Å²) in [5, 5.41) is 9.28. The Hall–Kier alpha value is -0.610. The number of phenols is 1. The summed E-state index contributed by atoms with van der Waals surface area (Å²) in [6.07, 6.45) is 0. The fourth-order valence-electron chi connectivity index (χ4n) is 0.893. The van der Waals surface area contributed by atoms with Gasteiger partial charge in [0, 0.05) is 0 Å². The van der Waals surface area contributed by atoms with Gasteiger partial charge in [-0.3, -0.25) is 0 Å². The van der Waals surface area contributed by atoms with Gasteiger partial charge in [0.25, 0.3) is 0 Å². The summed E-state index contributed by atoms with van der Waals surface area (Å²) in [6.45, 7) is -0.0654. The van der Waals surface area contributed by atoms with E-state index in [0.717, 1.165) is 5.56 Å². The minimum Gasteiger partial charge on any atom is -0.507 e. The van der Waals surface area contributed by atoms with Crippen LogP contribution in [0.2, 0.25) is 0 Å². The molecule has 1 aromatic carbocycles. The van der Waals surface area contributed by atoms with Gasteiger partial charge in [0.1, 0.15) is 12.4 Å². The fourth-order valence-corrected chi connectivity index (χ4v) is 1.14. The molecule has 0 amide bonds. The second-order valence-electron chi connectivity index (χ2n) is 2.53. The van der Waals surface area contributed by atoms with E-state index < -0.39 is 6.67 Å². The average molecular weight is 249 g/mol. The number of aromatic hydroxyl groups is 1. The molecule has 4 heteroatoms. The molecule has 0 heterocycles. The van der Waals surface area contributed by atoms with Crippen molar-refractivity contribution >= 4 is 15.9 Å². The molecule has 1 rings (SSSR count). The molecule has 0 aromatic heterocycles. The van der Waals surface area contributed by atoms with Gasteiger partial charge in [0.2, 0.25) is 0 Å². The first-order chi connectivity index (χ1) is 6.24. The van der Waals surface area contributed by atoms with Gasteiger partial charge < -0.3 is 9.84 Å². The lowest BCUT2D eigenvalue weighted by Crippen LogP contribution is -1.96. The standard InChI is InChI=1S/C9H10BrFO2/c10-8-2-1-7(5-9(8)12)6-13-4-3-11/h1-2,5,12H,3-4,6H2. The molecule has 2 nitrogen and oxygen atoms in total. The summed E-state index contributed by atoms with van der Waals surface area (Å²) in [4.78, 5) is 0. The van der Waals surface area contributed by atoms with Crippen LogP contribution in [-0.2, 0) is 11.3 Å². The van der Waals surface area contributed by atoms with Crippen molar-refractivity contribution in [2.75, 3.05) is 13.3 Å². The zero-order valence-electron chi connectivity index (χ0n) is 6.96. The molecule has 0 saturated heterocycles. The molecule has 0 atom stereocenters. The Bertz CT molecular complexity index is 278.